The summed E-state index contributed by atoms with van der Waals surface area (Å²) in [4.78, 5) is 35.4. The lowest BCUT2D eigenvalue weighted by atomic mass is 10.1. The molecular formula is C23H26O7. The lowest BCUT2D eigenvalue weighted by molar-refractivity contribution is -0.133. The van der Waals surface area contributed by atoms with Crippen molar-refractivity contribution >= 4 is 22.9 Å². The van der Waals surface area contributed by atoms with Gasteiger partial charge in [-0.15, -0.1) is 0 Å². The molecule has 0 aliphatic heterocycles. The largest absolute Gasteiger partial charge is 0.484 e. The molecule has 1 heterocycles. The first-order chi connectivity index (χ1) is 14.2. The molecule has 0 radical (unpaired) electrons. The van der Waals surface area contributed by atoms with Crippen LogP contribution < -0.4 is 19.8 Å². The van der Waals surface area contributed by atoms with Crippen LogP contribution in [0.5, 0.6) is 17.2 Å². The Morgan fingerprint density at radius 3 is 2.30 bits per heavy atom. The summed E-state index contributed by atoms with van der Waals surface area (Å²) in [6, 6.07) is 4.65. The van der Waals surface area contributed by atoms with E-state index in [0.29, 0.717) is 0 Å². The summed E-state index contributed by atoms with van der Waals surface area (Å²) in [7, 11) is 0. The highest BCUT2D eigenvalue weighted by Gasteiger charge is 2.23. The predicted octanol–water partition coefficient (Wildman–Crippen LogP) is 4.72. The van der Waals surface area contributed by atoms with Gasteiger partial charge in [0.15, 0.2) is 5.75 Å². The van der Waals surface area contributed by atoms with Gasteiger partial charge in [-0.1, -0.05) is 23.3 Å². The predicted molar refractivity (Wildman–Crippen MR) is 113 cm³/mol. The second-order valence-electron chi connectivity index (χ2n) is 7.05. The number of fused-ring (bicyclic) bond motifs is 1. The molecule has 30 heavy (non-hydrogen) atoms. The summed E-state index contributed by atoms with van der Waals surface area (Å²) in [5.41, 5.74) is 1.64. The van der Waals surface area contributed by atoms with E-state index < -0.39 is 17.6 Å². The van der Waals surface area contributed by atoms with Crippen molar-refractivity contribution in [3.8, 4) is 17.2 Å². The number of rotatable bonds is 8. The Morgan fingerprint density at radius 1 is 0.967 bits per heavy atom. The van der Waals surface area contributed by atoms with E-state index in [1.165, 1.54) is 31.6 Å². The van der Waals surface area contributed by atoms with Crippen molar-refractivity contribution in [3.63, 3.8) is 0 Å². The van der Waals surface area contributed by atoms with E-state index in [1.54, 1.807) is 6.07 Å². The van der Waals surface area contributed by atoms with E-state index in [1.807, 2.05) is 26.8 Å². The summed E-state index contributed by atoms with van der Waals surface area (Å²) in [6.07, 6.45) is 5.81. The first-order valence-electron chi connectivity index (χ1n) is 9.57. The lowest BCUT2D eigenvalue weighted by Crippen LogP contribution is -2.14. The van der Waals surface area contributed by atoms with Crippen LogP contribution >= 0.6 is 0 Å². The average Bonchev–Trinajstić information content (AvgIpc) is 2.63. The number of benzene rings is 1. The zero-order valence-corrected chi connectivity index (χ0v) is 17.9. The minimum absolute atomic E-state index is 0.0124. The quantitative estimate of drug-likeness (QED) is 0.267. The smallest absolute Gasteiger partial charge is 0.383 e. The number of ether oxygens (including phenoxy) is 3. The summed E-state index contributed by atoms with van der Waals surface area (Å²) in [5.74, 6) is -1.52. The molecule has 1 aromatic heterocycles. The van der Waals surface area contributed by atoms with Crippen molar-refractivity contribution in [2.24, 2.45) is 0 Å². The van der Waals surface area contributed by atoms with Crippen LogP contribution in [0, 0.1) is 0 Å². The normalized spacial score (nSPS) is 11.2. The van der Waals surface area contributed by atoms with E-state index in [2.05, 4.69) is 6.08 Å². The minimum Gasteiger partial charge on any atom is -0.484 e. The van der Waals surface area contributed by atoms with Crippen molar-refractivity contribution in [3.05, 3.63) is 51.9 Å². The molecule has 0 aliphatic rings. The highest BCUT2D eigenvalue weighted by atomic mass is 16.6. The van der Waals surface area contributed by atoms with Crippen LogP contribution in [-0.4, -0.2) is 18.5 Å². The SMILES string of the molecule is CC(=O)Oc1c(OCC=C(C)CCC=C(C)C)c2c(OC(C)=O)cccc2oc1=O. The van der Waals surface area contributed by atoms with Crippen LogP contribution in [0.2, 0.25) is 0 Å². The van der Waals surface area contributed by atoms with E-state index in [-0.39, 0.29) is 34.8 Å². The van der Waals surface area contributed by atoms with Crippen LogP contribution in [0.3, 0.4) is 0 Å². The van der Waals surface area contributed by atoms with E-state index >= 15 is 0 Å². The molecule has 0 N–H and O–H groups in total. The monoisotopic (exact) mass is 414 g/mol. The summed E-state index contributed by atoms with van der Waals surface area (Å²) >= 11 is 0. The van der Waals surface area contributed by atoms with Crippen LogP contribution in [0.15, 0.2) is 50.7 Å². The van der Waals surface area contributed by atoms with Gasteiger partial charge < -0.3 is 18.6 Å². The number of allylic oxidation sites excluding steroid dienone is 3. The average molecular weight is 414 g/mol. The summed E-state index contributed by atoms with van der Waals surface area (Å²) in [5, 5.41) is 0.235. The standard InChI is InChI=1S/C23H26O7/c1-14(2)8-6-9-15(3)12-13-27-21-20-18(28-16(4)24)10-7-11-19(20)30-23(26)22(21)29-17(5)25/h7-8,10-12H,6,9,13H2,1-5H3. The molecule has 2 aromatic rings. The third-order valence-electron chi connectivity index (χ3n) is 4.06. The molecule has 0 saturated heterocycles. The molecular weight excluding hydrogens is 388 g/mol. The van der Waals surface area contributed by atoms with Gasteiger partial charge in [-0.05, 0) is 51.8 Å². The number of hydrogen-bond acceptors (Lipinski definition) is 7. The molecule has 0 unspecified atom stereocenters. The first-order valence-corrected chi connectivity index (χ1v) is 9.57. The Bertz CT molecular complexity index is 1050. The molecule has 0 aliphatic carbocycles. The van der Waals surface area contributed by atoms with Crippen molar-refractivity contribution in [1.29, 1.82) is 0 Å². The maximum Gasteiger partial charge on any atom is 0.383 e. The second kappa shape index (κ2) is 10.4. The van der Waals surface area contributed by atoms with Gasteiger partial charge in [-0.3, -0.25) is 9.59 Å². The molecule has 2 rings (SSSR count). The van der Waals surface area contributed by atoms with E-state index in [4.69, 9.17) is 18.6 Å². The number of carbonyl (C=O) groups is 2. The Balaban J connectivity index is 2.45. The Hall–Kier alpha value is -3.35. The number of carbonyl (C=O) groups excluding carboxylic acids is 2. The molecule has 7 heteroatoms. The van der Waals surface area contributed by atoms with Gasteiger partial charge in [0.2, 0.25) is 0 Å². The molecule has 0 fully saturated rings. The number of esters is 2. The van der Waals surface area contributed by atoms with Crippen molar-refractivity contribution in [2.45, 2.75) is 47.5 Å². The number of hydrogen-bond donors (Lipinski definition) is 0. The summed E-state index contributed by atoms with van der Waals surface area (Å²) in [6.45, 7) is 8.62. The fraction of sp³-hybridized carbons (Fsp3) is 0.348. The van der Waals surface area contributed by atoms with Crippen LogP contribution in [0.25, 0.3) is 11.0 Å². The van der Waals surface area contributed by atoms with E-state index in [9.17, 15) is 14.4 Å². The van der Waals surface area contributed by atoms with Gasteiger partial charge in [0, 0.05) is 13.8 Å². The molecule has 0 spiro atoms. The van der Waals surface area contributed by atoms with Gasteiger partial charge in [0.05, 0.1) is 0 Å². The highest BCUT2D eigenvalue weighted by Crippen LogP contribution is 2.39. The molecule has 7 nitrogen and oxygen atoms in total. The Labute approximate surface area is 174 Å². The fourth-order valence-corrected chi connectivity index (χ4v) is 2.74. The summed E-state index contributed by atoms with van der Waals surface area (Å²) < 4.78 is 21.3. The third-order valence-corrected chi connectivity index (χ3v) is 4.06. The first kappa shape index (κ1) is 22.9. The minimum atomic E-state index is -0.864. The molecule has 0 amide bonds. The maximum absolute atomic E-state index is 12.4. The van der Waals surface area contributed by atoms with Crippen LogP contribution in [-0.2, 0) is 9.59 Å². The van der Waals surface area contributed by atoms with Crippen LogP contribution in [0.1, 0.15) is 47.5 Å². The molecule has 1 aromatic carbocycles. The Morgan fingerprint density at radius 2 is 1.67 bits per heavy atom. The second-order valence-corrected chi connectivity index (χ2v) is 7.05. The van der Waals surface area contributed by atoms with Crippen molar-refractivity contribution < 1.29 is 28.2 Å². The zero-order chi connectivity index (χ0) is 22.3. The third kappa shape index (κ3) is 6.34. The fourth-order valence-electron chi connectivity index (χ4n) is 2.74. The van der Waals surface area contributed by atoms with Gasteiger partial charge in [0.1, 0.15) is 23.3 Å². The molecule has 160 valence electrons. The molecule has 0 bridgehead atoms. The van der Waals surface area contributed by atoms with Gasteiger partial charge in [-0.25, -0.2) is 4.79 Å². The Kier molecular flexibility index (Phi) is 7.98. The van der Waals surface area contributed by atoms with Crippen molar-refractivity contribution in [1.82, 2.24) is 0 Å². The van der Waals surface area contributed by atoms with Gasteiger partial charge in [-0.2, -0.15) is 0 Å². The maximum atomic E-state index is 12.4. The van der Waals surface area contributed by atoms with Gasteiger partial charge in [0.25, 0.3) is 5.75 Å². The highest BCUT2D eigenvalue weighted by molar-refractivity contribution is 5.93. The van der Waals surface area contributed by atoms with Crippen LogP contribution in [0.4, 0.5) is 0 Å². The van der Waals surface area contributed by atoms with Gasteiger partial charge >= 0.3 is 17.6 Å². The van der Waals surface area contributed by atoms with Crippen molar-refractivity contribution in [2.75, 3.05) is 6.61 Å². The molecule has 0 atom stereocenters. The topological polar surface area (TPSA) is 92.0 Å². The lowest BCUT2D eigenvalue weighted by Gasteiger charge is -2.14. The molecule has 0 saturated carbocycles. The zero-order valence-electron chi connectivity index (χ0n) is 17.9. The van der Waals surface area contributed by atoms with E-state index in [0.717, 1.165) is 18.4 Å².